The first-order valence-electron chi connectivity index (χ1n) is 10.3. The molecule has 1 saturated heterocycles. The lowest BCUT2D eigenvalue weighted by atomic mass is 9.87. The Labute approximate surface area is 184 Å². The molecular formula is C23H23N3O4S. The average molecular weight is 438 g/mol. The topological polar surface area (TPSA) is 104 Å². The van der Waals surface area contributed by atoms with Crippen molar-refractivity contribution in [1.82, 2.24) is 9.88 Å². The minimum Gasteiger partial charge on any atom is -0.449 e. The Hall–Kier alpha value is -3.02. The van der Waals surface area contributed by atoms with Crippen molar-refractivity contribution in [3.05, 3.63) is 57.0 Å². The highest BCUT2D eigenvalue weighted by molar-refractivity contribution is 7.12. The van der Waals surface area contributed by atoms with Crippen molar-refractivity contribution >= 4 is 29.3 Å². The summed E-state index contributed by atoms with van der Waals surface area (Å²) in [4.78, 5) is 31.8. The number of ketones is 1. The largest absolute Gasteiger partial charge is 0.449 e. The molecule has 2 aromatic rings. The molecule has 0 radical (unpaired) electrons. The van der Waals surface area contributed by atoms with Gasteiger partial charge in [-0.15, -0.1) is 11.3 Å². The molecule has 1 aliphatic heterocycles. The molecule has 31 heavy (non-hydrogen) atoms. The van der Waals surface area contributed by atoms with E-state index in [0.717, 1.165) is 40.1 Å². The minimum atomic E-state index is -0.444. The summed E-state index contributed by atoms with van der Waals surface area (Å²) in [5.74, 6) is 0.142. The quantitative estimate of drug-likeness (QED) is 0.697. The van der Waals surface area contributed by atoms with E-state index >= 15 is 0 Å². The first kappa shape index (κ1) is 21.2. The highest BCUT2D eigenvalue weighted by Crippen LogP contribution is 2.36. The number of hydrogen-bond acceptors (Lipinski definition) is 7. The number of carbonyl (C=O) groups excluding carboxylic acids is 2. The maximum absolute atomic E-state index is 12.4. The van der Waals surface area contributed by atoms with Crippen LogP contribution in [0.3, 0.4) is 0 Å². The SMILES string of the molecule is N#Cc1c(CC(=O)/C=C/c2cccnc2)sc2c1CC[C@@H](COC(=O)N1CC(O)C1)C2. The second-order valence-corrected chi connectivity index (χ2v) is 9.11. The zero-order chi connectivity index (χ0) is 21.8. The fourth-order valence-electron chi connectivity index (χ4n) is 3.87. The van der Waals surface area contributed by atoms with E-state index in [9.17, 15) is 20.0 Å². The number of amides is 1. The summed E-state index contributed by atoms with van der Waals surface area (Å²) in [6.07, 6.45) is 8.33. The maximum Gasteiger partial charge on any atom is 0.409 e. The number of nitriles is 1. The van der Waals surface area contributed by atoms with Gasteiger partial charge in [-0.2, -0.15) is 5.26 Å². The van der Waals surface area contributed by atoms with E-state index in [1.165, 1.54) is 22.3 Å². The van der Waals surface area contributed by atoms with Crippen LogP contribution in [0, 0.1) is 17.2 Å². The number of hydrogen-bond donors (Lipinski definition) is 1. The fraction of sp³-hybridized carbons (Fsp3) is 0.391. The second-order valence-electron chi connectivity index (χ2n) is 7.92. The molecule has 8 heteroatoms. The maximum atomic E-state index is 12.4. The third-order valence-corrected chi connectivity index (χ3v) is 6.85. The standard InChI is InChI=1S/C23H23N3O4S/c24-10-20-19-6-4-16(14-30-23(29)26-12-18(28)13-26)8-21(19)31-22(20)9-17(27)5-3-15-2-1-7-25-11-15/h1-3,5,7,11,16,18,28H,4,6,8-9,12-14H2/b5-3+/t16-/m1/s1. The number of thiophene rings is 1. The number of ether oxygens (including phenoxy) is 1. The molecule has 1 aliphatic carbocycles. The first-order chi connectivity index (χ1) is 15.0. The Bertz CT molecular complexity index is 1040. The van der Waals surface area contributed by atoms with Crippen LogP contribution in [-0.4, -0.2) is 52.7 Å². The van der Waals surface area contributed by atoms with Gasteiger partial charge in [-0.1, -0.05) is 6.07 Å². The number of β-amino-alcohol motifs (C(OH)–C–C–N with tert-alkyl or cyclic N) is 1. The summed E-state index contributed by atoms with van der Waals surface area (Å²) in [6.45, 7) is 0.986. The van der Waals surface area contributed by atoms with Gasteiger partial charge in [0.2, 0.25) is 0 Å². The number of aromatic nitrogens is 1. The van der Waals surface area contributed by atoms with Gasteiger partial charge in [-0.3, -0.25) is 9.78 Å². The van der Waals surface area contributed by atoms with Crippen molar-refractivity contribution in [2.24, 2.45) is 5.92 Å². The number of carbonyl (C=O) groups is 2. The Balaban J connectivity index is 1.36. The molecule has 1 fully saturated rings. The van der Waals surface area contributed by atoms with Crippen molar-refractivity contribution in [2.75, 3.05) is 19.7 Å². The van der Waals surface area contributed by atoms with E-state index in [0.29, 0.717) is 25.3 Å². The molecule has 0 bridgehead atoms. The summed E-state index contributed by atoms with van der Waals surface area (Å²) in [7, 11) is 0. The Morgan fingerprint density at radius 1 is 1.42 bits per heavy atom. The van der Waals surface area contributed by atoms with Gasteiger partial charge in [0.05, 0.1) is 31.4 Å². The predicted molar refractivity (Wildman–Crippen MR) is 115 cm³/mol. The number of pyridine rings is 1. The second kappa shape index (κ2) is 9.41. The molecule has 1 N–H and O–H groups in total. The summed E-state index contributed by atoms with van der Waals surface area (Å²) in [5, 5.41) is 19.0. The lowest BCUT2D eigenvalue weighted by Crippen LogP contribution is -2.53. The monoisotopic (exact) mass is 437 g/mol. The number of aliphatic hydroxyl groups is 1. The molecule has 3 heterocycles. The van der Waals surface area contributed by atoms with Crippen LogP contribution < -0.4 is 0 Å². The van der Waals surface area contributed by atoms with E-state index in [2.05, 4.69) is 11.1 Å². The average Bonchev–Trinajstić information content (AvgIpc) is 3.10. The molecule has 4 rings (SSSR count). The van der Waals surface area contributed by atoms with Gasteiger partial charge < -0.3 is 14.7 Å². The zero-order valence-corrected chi connectivity index (χ0v) is 17.8. The van der Waals surface area contributed by atoms with E-state index in [4.69, 9.17) is 4.74 Å². The molecule has 0 aromatic carbocycles. The van der Waals surface area contributed by atoms with E-state index < -0.39 is 6.10 Å². The van der Waals surface area contributed by atoms with E-state index in [1.54, 1.807) is 18.5 Å². The highest BCUT2D eigenvalue weighted by Gasteiger charge is 2.31. The van der Waals surface area contributed by atoms with Crippen LogP contribution in [-0.2, 0) is 28.8 Å². The zero-order valence-electron chi connectivity index (χ0n) is 17.0. The predicted octanol–water partition coefficient (Wildman–Crippen LogP) is 2.76. The normalized spacial score (nSPS) is 18.3. The summed E-state index contributed by atoms with van der Waals surface area (Å²) < 4.78 is 5.40. The number of allylic oxidation sites excluding steroid dienone is 1. The third kappa shape index (κ3) is 5.01. The van der Waals surface area contributed by atoms with E-state index in [1.807, 2.05) is 12.1 Å². The van der Waals surface area contributed by atoms with Gasteiger partial charge in [0.25, 0.3) is 0 Å². The molecule has 2 aliphatic rings. The number of fused-ring (bicyclic) bond motifs is 1. The lowest BCUT2D eigenvalue weighted by Gasteiger charge is -2.35. The lowest BCUT2D eigenvalue weighted by molar-refractivity contribution is -0.113. The van der Waals surface area contributed by atoms with Crippen molar-refractivity contribution in [3.8, 4) is 6.07 Å². The molecule has 0 unspecified atom stereocenters. The van der Waals surface area contributed by atoms with Crippen LogP contribution in [0.25, 0.3) is 6.08 Å². The highest BCUT2D eigenvalue weighted by atomic mass is 32.1. The first-order valence-corrected chi connectivity index (χ1v) is 11.1. The molecule has 1 atom stereocenters. The number of aliphatic hydroxyl groups excluding tert-OH is 1. The minimum absolute atomic E-state index is 0.0545. The van der Waals surface area contributed by atoms with Gasteiger partial charge in [-0.25, -0.2) is 4.79 Å². The van der Waals surface area contributed by atoms with Crippen molar-refractivity contribution < 1.29 is 19.4 Å². The number of likely N-dealkylation sites (tertiary alicyclic amines) is 1. The molecule has 1 amide bonds. The van der Waals surface area contributed by atoms with Crippen LogP contribution in [0.1, 0.15) is 32.9 Å². The summed E-state index contributed by atoms with van der Waals surface area (Å²) >= 11 is 1.52. The van der Waals surface area contributed by atoms with Gasteiger partial charge in [0, 0.05) is 28.6 Å². The van der Waals surface area contributed by atoms with Crippen molar-refractivity contribution in [3.63, 3.8) is 0 Å². The van der Waals surface area contributed by atoms with Crippen LogP contribution in [0.2, 0.25) is 0 Å². The van der Waals surface area contributed by atoms with Gasteiger partial charge in [0.15, 0.2) is 5.78 Å². The Morgan fingerprint density at radius 3 is 2.97 bits per heavy atom. The number of nitrogens with zero attached hydrogens (tertiary/aromatic N) is 3. The van der Waals surface area contributed by atoms with Crippen LogP contribution in [0.15, 0.2) is 30.6 Å². The molecule has 160 valence electrons. The molecule has 0 spiro atoms. The van der Waals surface area contributed by atoms with Crippen LogP contribution >= 0.6 is 11.3 Å². The Morgan fingerprint density at radius 2 is 2.26 bits per heavy atom. The smallest absolute Gasteiger partial charge is 0.409 e. The third-order valence-electron chi connectivity index (χ3n) is 5.60. The molecule has 0 saturated carbocycles. The van der Waals surface area contributed by atoms with E-state index in [-0.39, 0.29) is 24.2 Å². The van der Waals surface area contributed by atoms with Gasteiger partial charge in [-0.05, 0) is 54.5 Å². The van der Waals surface area contributed by atoms with Crippen LogP contribution in [0.5, 0.6) is 0 Å². The van der Waals surface area contributed by atoms with Gasteiger partial charge in [0.1, 0.15) is 6.07 Å². The number of rotatable bonds is 6. The molecule has 7 nitrogen and oxygen atoms in total. The van der Waals surface area contributed by atoms with Crippen LogP contribution in [0.4, 0.5) is 4.79 Å². The van der Waals surface area contributed by atoms with Crippen molar-refractivity contribution in [2.45, 2.75) is 31.8 Å². The Kier molecular flexibility index (Phi) is 6.44. The summed E-state index contributed by atoms with van der Waals surface area (Å²) in [6, 6.07) is 5.98. The molecule has 2 aromatic heterocycles. The molecular weight excluding hydrogens is 414 g/mol. The van der Waals surface area contributed by atoms with Gasteiger partial charge >= 0.3 is 6.09 Å². The summed E-state index contributed by atoms with van der Waals surface area (Å²) in [5.41, 5.74) is 2.53. The fourth-order valence-corrected chi connectivity index (χ4v) is 5.30. The van der Waals surface area contributed by atoms with Crippen molar-refractivity contribution in [1.29, 1.82) is 5.26 Å².